The van der Waals surface area contributed by atoms with Crippen LogP contribution in [0.2, 0.25) is 0 Å². The quantitative estimate of drug-likeness (QED) is 0.802. The number of aliphatic carboxylic acids is 1. The van der Waals surface area contributed by atoms with Gasteiger partial charge in [0, 0.05) is 6.04 Å². The minimum absolute atomic E-state index is 0.00984. The molecule has 2 N–H and O–H groups in total. The van der Waals surface area contributed by atoms with Gasteiger partial charge in [-0.05, 0) is 30.0 Å². The predicted molar refractivity (Wildman–Crippen MR) is 93.5 cm³/mol. The van der Waals surface area contributed by atoms with Crippen LogP contribution in [0.3, 0.4) is 0 Å². The van der Waals surface area contributed by atoms with Gasteiger partial charge in [-0.25, -0.2) is 4.79 Å². The normalized spacial score (nSPS) is 21.5. The SMILES string of the molecule is O=C(NC1CC(C(=O)O)(c2cccc(C(F)(F)F)c2)C1)OCc1ccccc1. The molecule has 3 rings (SSSR count). The molecule has 2 aromatic rings. The van der Waals surface area contributed by atoms with Crippen LogP contribution in [-0.4, -0.2) is 23.2 Å². The smallest absolute Gasteiger partial charge is 0.416 e. The van der Waals surface area contributed by atoms with E-state index in [0.29, 0.717) is 0 Å². The summed E-state index contributed by atoms with van der Waals surface area (Å²) in [5, 5.41) is 12.2. The van der Waals surface area contributed by atoms with E-state index in [4.69, 9.17) is 4.74 Å². The summed E-state index contributed by atoms with van der Waals surface area (Å²) in [6, 6.07) is 12.8. The van der Waals surface area contributed by atoms with Crippen LogP contribution < -0.4 is 5.32 Å². The zero-order valence-electron chi connectivity index (χ0n) is 14.7. The van der Waals surface area contributed by atoms with Gasteiger partial charge in [-0.15, -0.1) is 0 Å². The number of nitrogens with one attached hydrogen (secondary N) is 1. The van der Waals surface area contributed by atoms with Crippen molar-refractivity contribution in [2.75, 3.05) is 0 Å². The summed E-state index contributed by atoms with van der Waals surface area (Å²) in [5.74, 6) is -1.22. The Morgan fingerprint density at radius 1 is 1.11 bits per heavy atom. The highest BCUT2D eigenvalue weighted by Gasteiger charge is 2.52. The number of amides is 1. The summed E-state index contributed by atoms with van der Waals surface area (Å²) in [6.45, 7) is 0.0666. The van der Waals surface area contributed by atoms with Crippen LogP contribution in [0, 0.1) is 0 Å². The number of benzene rings is 2. The van der Waals surface area contributed by atoms with Gasteiger partial charge < -0.3 is 15.2 Å². The van der Waals surface area contributed by atoms with E-state index in [1.807, 2.05) is 6.07 Å². The van der Waals surface area contributed by atoms with E-state index >= 15 is 0 Å². The van der Waals surface area contributed by atoms with Gasteiger partial charge in [0.2, 0.25) is 0 Å². The second kappa shape index (κ2) is 7.53. The largest absolute Gasteiger partial charge is 0.481 e. The number of hydrogen-bond donors (Lipinski definition) is 2. The third kappa shape index (κ3) is 4.11. The molecule has 0 unspecified atom stereocenters. The van der Waals surface area contributed by atoms with E-state index < -0.39 is 35.3 Å². The average molecular weight is 393 g/mol. The lowest BCUT2D eigenvalue weighted by molar-refractivity contribution is -0.149. The molecule has 0 saturated heterocycles. The van der Waals surface area contributed by atoms with Crippen molar-refractivity contribution in [1.29, 1.82) is 0 Å². The first-order chi connectivity index (χ1) is 13.2. The van der Waals surface area contributed by atoms with Crippen molar-refractivity contribution in [3.05, 3.63) is 71.3 Å². The molecule has 5 nitrogen and oxygen atoms in total. The molecule has 1 saturated carbocycles. The van der Waals surface area contributed by atoms with Crippen LogP contribution in [0.25, 0.3) is 0 Å². The van der Waals surface area contributed by atoms with Gasteiger partial charge in [-0.2, -0.15) is 13.2 Å². The minimum Gasteiger partial charge on any atom is -0.481 e. The van der Waals surface area contributed by atoms with Crippen molar-refractivity contribution in [2.45, 2.75) is 37.1 Å². The Kier molecular flexibility index (Phi) is 5.31. The van der Waals surface area contributed by atoms with Gasteiger partial charge in [0.25, 0.3) is 0 Å². The van der Waals surface area contributed by atoms with E-state index in [9.17, 15) is 27.9 Å². The van der Waals surface area contributed by atoms with Crippen molar-refractivity contribution in [1.82, 2.24) is 5.32 Å². The van der Waals surface area contributed by atoms with Gasteiger partial charge in [0.1, 0.15) is 6.61 Å². The molecule has 2 aromatic carbocycles. The van der Waals surface area contributed by atoms with Crippen LogP contribution in [-0.2, 0) is 27.7 Å². The summed E-state index contributed by atoms with van der Waals surface area (Å²) < 4.78 is 43.9. The number of halogens is 3. The number of carboxylic acids is 1. The summed E-state index contributed by atoms with van der Waals surface area (Å²) in [4.78, 5) is 23.7. The van der Waals surface area contributed by atoms with E-state index in [0.717, 1.165) is 17.7 Å². The first kappa shape index (κ1) is 19.7. The van der Waals surface area contributed by atoms with E-state index in [1.54, 1.807) is 24.3 Å². The molecule has 1 fully saturated rings. The number of carbonyl (C=O) groups is 2. The Balaban J connectivity index is 1.62. The highest BCUT2D eigenvalue weighted by atomic mass is 19.4. The van der Waals surface area contributed by atoms with Gasteiger partial charge in [0.15, 0.2) is 0 Å². The molecule has 148 valence electrons. The number of carboxylic acid groups (broad SMARTS) is 1. The van der Waals surface area contributed by atoms with E-state index in [1.165, 1.54) is 12.1 Å². The maximum Gasteiger partial charge on any atom is 0.416 e. The number of alkyl halides is 3. The second-order valence-corrected chi connectivity index (χ2v) is 6.78. The molecule has 1 aliphatic rings. The fourth-order valence-corrected chi connectivity index (χ4v) is 3.34. The van der Waals surface area contributed by atoms with Gasteiger partial charge in [-0.3, -0.25) is 4.79 Å². The molecule has 1 amide bonds. The first-order valence-electron chi connectivity index (χ1n) is 8.59. The molecule has 0 heterocycles. The lowest BCUT2D eigenvalue weighted by Gasteiger charge is -2.44. The van der Waals surface area contributed by atoms with E-state index in [-0.39, 0.29) is 25.0 Å². The standard InChI is InChI=1S/C20H18F3NO4/c21-20(22,23)15-8-4-7-14(9-15)19(17(25)26)10-16(11-19)24-18(27)28-12-13-5-2-1-3-6-13/h1-9,16H,10-12H2,(H,24,27)(H,25,26). The predicted octanol–water partition coefficient (Wildman–Crippen LogP) is 4.12. The zero-order valence-corrected chi connectivity index (χ0v) is 14.7. The third-order valence-electron chi connectivity index (χ3n) is 4.88. The molecule has 0 atom stereocenters. The molecule has 0 radical (unpaired) electrons. The maximum absolute atomic E-state index is 12.9. The van der Waals surface area contributed by atoms with Crippen molar-refractivity contribution in [3.8, 4) is 0 Å². The Labute approximate surface area is 159 Å². The summed E-state index contributed by atoms with van der Waals surface area (Å²) >= 11 is 0. The molecule has 28 heavy (non-hydrogen) atoms. The number of carbonyl (C=O) groups excluding carboxylic acids is 1. The molecule has 1 aliphatic carbocycles. The lowest BCUT2D eigenvalue weighted by atomic mass is 9.61. The Morgan fingerprint density at radius 3 is 2.39 bits per heavy atom. The fourth-order valence-electron chi connectivity index (χ4n) is 3.34. The van der Waals surface area contributed by atoms with Crippen molar-refractivity contribution < 1.29 is 32.6 Å². The molecule has 0 spiro atoms. The van der Waals surface area contributed by atoms with Crippen LogP contribution >= 0.6 is 0 Å². The minimum atomic E-state index is -4.56. The summed E-state index contributed by atoms with van der Waals surface area (Å²) in [5.41, 5.74) is -1.48. The molecule has 0 bridgehead atoms. The molecule has 0 aliphatic heterocycles. The first-order valence-corrected chi connectivity index (χ1v) is 8.59. The Hall–Kier alpha value is -3.03. The zero-order chi connectivity index (χ0) is 20.4. The maximum atomic E-state index is 12.9. The number of alkyl carbamates (subject to hydrolysis) is 1. The van der Waals surface area contributed by atoms with Crippen LogP contribution in [0.15, 0.2) is 54.6 Å². The number of hydrogen-bond acceptors (Lipinski definition) is 3. The topological polar surface area (TPSA) is 75.6 Å². The lowest BCUT2D eigenvalue weighted by Crippen LogP contribution is -2.57. The van der Waals surface area contributed by atoms with Crippen molar-refractivity contribution >= 4 is 12.1 Å². The van der Waals surface area contributed by atoms with Crippen molar-refractivity contribution in [2.24, 2.45) is 0 Å². The van der Waals surface area contributed by atoms with Gasteiger partial charge >= 0.3 is 18.2 Å². The monoisotopic (exact) mass is 393 g/mol. The van der Waals surface area contributed by atoms with Crippen LogP contribution in [0.4, 0.5) is 18.0 Å². The fraction of sp³-hybridized carbons (Fsp3) is 0.300. The highest BCUT2D eigenvalue weighted by Crippen LogP contribution is 2.45. The average Bonchev–Trinajstić information content (AvgIpc) is 2.62. The highest BCUT2D eigenvalue weighted by molar-refractivity contribution is 5.83. The Bertz CT molecular complexity index is 861. The molecular formula is C20H18F3NO4. The molecule has 8 heteroatoms. The second-order valence-electron chi connectivity index (χ2n) is 6.78. The van der Waals surface area contributed by atoms with Crippen LogP contribution in [0.5, 0.6) is 0 Å². The number of ether oxygens (including phenoxy) is 1. The molecular weight excluding hydrogens is 375 g/mol. The van der Waals surface area contributed by atoms with Crippen LogP contribution in [0.1, 0.15) is 29.5 Å². The van der Waals surface area contributed by atoms with Gasteiger partial charge in [-0.1, -0.05) is 48.5 Å². The number of rotatable bonds is 5. The van der Waals surface area contributed by atoms with Gasteiger partial charge in [0.05, 0.1) is 11.0 Å². The molecule has 0 aromatic heterocycles. The van der Waals surface area contributed by atoms with E-state index in [2.05, 4.69) is 5.32 Å². The third-order valence-corrected chi connectivity index (χ3v) is 4.88. The summed E-state index contributed by atoms with van der Waals surface area (Å²) in [7, 11) is 0. The Morgan fingerprint density at radius 2 is 1.79 bits per heavy atom. The summed E-state index contributed by atoms with van der Waals surface area (Å²) in [6.07, 6.45) is -5.27. The van der Waals surface area contributed by atoms with Crippen molar-refractivity contribution in [3.63, 3.8) is 0 Å².